The van der Waals surface area contributed by atoms with E-state index in [0.717, 1.165) is 74.4 Å². The van der Waals surface area contributed by atoms with Crippen LogP contribution in [0, 0.1) is 5.41 Å². The normalized spacial score (nSPS) is 20.1. The number of aryl methyl sites for hydroxylation is 1. The maximum absolute atomic E-state index is 12.1. The van der Waals surface area contributed by atoms with Crippen LogP contribution >= 0.6 is 0 Å². The van der Waals surface area contributed by atoms with E-state index in [9.17, 15) is 4.79 Å². The number of pyridine rings is 1. The second kappa shape index (κ2) is 9.04. The number of methoxy groups -OCH3 is 1. The van der Waals surface area contributed by atoms with Gasteiger partial charge in [-0.2, -0.15) is 0 Å². The molecular formula is C22H31N5O3. The average molecular weight is 414 g/mol. The van der Waals surface area contributed by atoms with Crippen LogP contribution in [0.1, 0.15) is 38.2 Å². The number of aromatic nitrogens is 1. The molecule has 8 heteroatoms. The summed E-state index contributed by atoms with van der Waals surface area (Å²) in [6, 6.07) is 2.33. The summed E-state index contributed by atoms with van der Waals surface area (Å²) in [5.41, 5.74) is 4.12. The lowest BCUT2D eigenvalue weighted by Crippen LogP contribution is -2.46. The Morgan fingerprint density at radius 2 is 2.10 bits per heavy atom. The summed E-state index contributed by atoms with van der Waals surface area (Å²) in [6.45, 7) is 5.06. The smallest absolute Gasteiger partial charge is 0.219 e. The van der Waals surface area contributed by atoms with E-state index in [1.165, 1.54) is 0 Å². The Balaban J connectivity index is 1.63. The van der Waals surface area contributed by atoms with Gasteiger partial charge in [0.15, 0.2) is 0 Å². The summed E-state index contributed by atoms with van der Waals surface area (Å²) < 4.78 is 10.8. The molecule has 1 fully saturated rings. The Kier molecular flexibility index (Phi) is 6.22. The van der Waals surface area contributed by atoms with Crippen molar-refractivity contribution in [3.8, 4) is 5.88 Å². The highest BCUT2D eigenvalue weighted by atomic mass is 16.5. The molecule has 2 N–H and O–H groups in total. The van der Waals surface area contributed by atoms with Gasteiger partial charge >= 0.3 is 0 Å². The molecule has 0 aromatic carbocycles. The van der Waals surface area contributed by atoms with Crippen molar-refractivity contribution in [2.75, 3.05) is 44.9 Å². The van der Waals surface area contributed by atoms with Gasteiger partial charge in [-0.05, 0) is 31.2 Å². The fraction of sp³-hybridized carbons (Fsp3) is 0.591. The number of ether oxygens (including phenoxy) is 2. The molecule has 4 rings (SSSR count). The second-order valence-corrected chi connectivity index (χ2v) is 8.14. The Bertz CT molecular complexity index is 847. The van der Waals surface area contributed by atoms with Gasteiger partial charge in [-0.25, -0.2) is 4.98 Å². The highest BCUT2D eigenvalue weighted by molar-refractivity contribution is 6.09. The topological polar surface area (TPSA) is 90.8 Å². The minimum absolute atomic E-state index is 0.0517. The zero-order valence-electron chi connectivity index (χ0n) is 17.9. The number of nitrogens with one attached hydrogen (secondary N) is 2. The fourth-order valence-corrected chi connectivity index (χ4v) is 4.46. The molecule has 0 bridgehead atoms. The summed E-state index contributed by atoms with van der Waals surface area (Å²) in [6.07, 6.45) is 6.40. The Morgan fingerprint density at radius 1 is 1.30 bits per heavy atom. The number of rotatable bonds is 4. The van der Waals surface area contributed by atoms with E-state index in [1.807, 2.05) is 15.9 Å². The second-order valence-electron chi connectivity index (χ2n) is 8.14. The van der Waals surface area contributed by atoms with Crippen molar-refractivity contribution in [1.82, 2.24) is 15.2 Å². The minimum Gasteiger partial charge on any atom is -0.481 e. The molecule has 0 spiro atoms. The molecule has 1 amide bonds. The van der Waals surface area contributed by atoms with Gasteiger partial charge < -0.3 is 24.6 Å². The number of carbonyl (C=O) groups is 1. The summed E-state index contributed by atoms with van der Waals surface area (Å²) in [5.74, 6) is 1.11. The lowest BCUT2D eigenvalue weighted by Gasteiger charge is -2.38. The van der Waals surface area contributed by atoms with E-state index < -0.39 is 0 Å². The van der Waals surface area contributed by atoms with Crippen LogP contribution in [0.2, 0.25) is 0 Å². The first-order chi connectivity index (χ1) is 14.6. The number of amidine groups is 1. The van der Waals surface area contributed by atoms with Crippen LogP contribution in [0.3, 0.4) is 0 Å². The molecule has 4 heterocycles. The first kappa shape index (κ1) is 20.7. The quantitative estimate of drug-likeness (QED) is 0.580. The number of hydrogen-bond donors (Lipinski definition) is 2. The Hall–Kier alpha value is -2.61. The van der Waals surface area contributed by atoms with E-state index >= 15 is 0 Å². The number of hydrogen-bond acceptors (Lipinski definition) is 6. The number of carbonyl (C=O) groups excluding carboxylic acids is 1. The SMILES string of the molecule is COc1cc2c(cn1)N(C(=N)C1=C(NC3CCOCC3)CCN(C(C)=O)C1)CCC2. The molecular weight excluding hydrogens is 382 g/mol. The molecule has 8 nitrogen and oxygen atoms in total. The number of amides is 1. The van der Waals surface area contributed by atoms with Crippen LogP contribution in [0.15, 0.2) is 23.5 Å². The summed E-state index contributed by atoms with van der Waals surface area (Å²) in [4.78, 5) is 20.3. The highest BCUT2D eigenvalue weighted by Crippen LogP contribution is 2.31. The van der Waals surface area contributed by atoms with Crippen LogP contribution < -0.4 is 15.0 Å². The lowest BCUT2D eigenvalue weighted by molar-refractivity contribution is -0.128. The van der Waals surface area contributed by atoms with E-state index in [0.29, 0.717) is 30.8 Å². The molecule has 3 aliphatic rings. The third kappa shape index (κ3) is 4.28. The number of anilines is 1. The lowest BCUT2D eigenvalue weighted by atomic mass is 9.98. The third-order valence-electron chi connectivity index (χ3n) is 6.21. The predicted molar refractivity (Wildman–Crippen MR) is 115 cm³/mol. The van der Waals surface area contributed by atoms with Crippen molar-refractivity contribution in [3.05, 3.63) is 29.1 Å². The highest BCUT2D eigenvalue weighted by Gasteiger charge is 2.30. The molecule has 1 aromatic heterocycles. The van der Waals surface area contributed by atoms with Gasteiger partial charge in [-0.3, -0.25) is 10.2 Å². The molecule has 0 saturated carbocycles. The van der Waals surface area contributed by atoms with Gasteiger partial charge in [-0.1, -0.05) is 0 Å². The van der Waals surface area contributed by atoms with E-state index in [2.05, 4.69) is 10.3 Å². The van der Waals surface area contributed by atoms with E-state index in [4.69, 9.17) is 14.9 Å². The number of nitrogens with zero attached hydrogens (tertiary/aromatic N) is 3. The fourth-order valence-electron chi connectivity index (χ4n) is 4.46. The van der Waals surface area contributed by atoms with Crippen LogP contribution in [0.25, 0.3) is 0 Å². The molecule has 0 aliphatic carbocycles. The van der Waals surface area contributed by atoms with Crippen LogP contribution in [-0.2, 0) is 16.0 Å². The molecule has 0 atom stereocenters. The van der Waals surface area contributed by atoms with Gasteiger partial charge in [0.05, 0.1) is 25.5 Å². The van der Waals surface area contributed by atoms with Crippen molar-refractivity contribution in [2.24, 2.45) is 0 Å². The maximum Gasteiger partial charge on any atom is 0.219 e. The molecule has 0 radical (unpaired) electrons. The molecule has 3 aliphatic heterocycles. The molecule has 162 valence electrons. The molecule has 1 aromatic rings. The van der Waals surface area contributed by atoms with E-state index in [1.54, 1.807) is 20.2 Å². The van der Waals surface area contributed by atoms with Gasteiger partial charge in [0.1, 0.15) is 5.84 Å². The first-order valence-corrected chi connectivity index (χ1v) is 10.8. The predicted octanol–water partition coefficient (Wildman–Crippen LogP) is 2.09. The minimum atomic E-state index is 0.0517. The Morgan fingerprint density at radius 3 is 2.83 bits per heavy atom. The molecule has 30 heavy (non-hydrogen) atoms. The first-order valence-electron chi connectivity index (χ1n) is 10.8. The van der Waals surface area contributed by atoms with Crippen molar-refractivity contribution < 1.29 is 14.3 Å². The standard InChI is InChI=1S/C22H31N5O3/c1-15(28)26-9-5-19(25-17-6-10-30-11-7-17)18(14-26)22(23)27-8-3-4-16-12-21(29-2)24-13-20(16)27/h12-13,17,23,25H,3-11,14H2,1-2H3. The van der Waals surface area contributed by atoms with Crippen LogP contribution in [-0.4, -0.2) is 67.6 Å². The third-order valence-corrected chi connectivity index (χ3v) is 6.21. The summed E-state index contributed by atoms with van der Waals surface area (Å²) >= 11 is 0. The zero-order valence-corrected chi connectivity index (χ0v) is 17.9. The molecule has 0 unspecified atom stereocenters. The van der Waals surface area contributed by atoms with Gasteiger partial charge in [0.25, 0.3) is 0 Å². The average Bonchev–Trinajstić information content (AvgIpc) is 2.78. The summed E-state index contributed by atoms with van der Waals surface area (Å²) in [5, 5.41) is 12.8. The van der Waals surface area contributed by atoms with Gasteiger partial charge in [0, 0.05) is 63.0 Å². The monoisotopic (exact) mass is 413 g/mol. The van der Waals surface area contributed by atoms with Crippen molar-refractivity contribution >= 4 is 17.4 Å². The molecule has 1 saturated heterocycles. The maximum atomic E-state index is 12.1. The van der Waals surface area contributed by atoms with Crippen LogP contribution in [0.4, 0.5) is 5.69 Å². The van der Waals surface area contributed by atoms with E-state index in [-0.39, 0.29) is 5.91 Å². The van der Waals surface area contributed by atoms with Crippen molar-refractivity contribution in [1.29, 1.82) is 5.41 Å². The van der Waals surface area contributed by atoms with Crippen LogP contribution in [0.5, 0.6) is 5.88 Å². The van der Waals surface area contributed by atoms with Gasteiger partial charge in [0.2, 0.25) is 11.8 Å². The summed E-state index contributed by atoms with van der Waals surface area (Å²) in [7, 11) is 1.62. The number of fused-ring (bicyclic) bond motifs is 1. The Labute approximate surface area is 177 Å². The van der Waals surface area contributed by atoms with Crippen molar-refractivity contribution in [2.45, 2.75) is 45.1 Å². The largest absolute Gasteiger partial charge is 0.481 e. The van der Waals surface area contributed by atoms with Crippen molar-refractivity contribution in [3.63, 3.8) is 0 Å². The zero-order chi connectivity index (χ0) is 21.1. The van der Waals surface area contributed by atoms with Gasteiger partial charge in [-0.15, -0.1) is 0 Å².